The zero-order valence-corrected chi connectivity index (χ0v) is 27.4. The molecule has 1 aliphatic heterocycles. The summed E-state index contributed by atoms with van der Waals surface area (Å²) in [4.78, 5) is 48.1. The van der Waals surface area contributed by atoms with E-state index >= 15 is 0 Å². The Hall–Kier alpha value is -4.45. The molecule has 1 aliphatic rings. The molecule has 46 heavy (non-hydrogen) atoms. The molecule has 2 aromatic carbocycles. The van der Waals surface area contributed by atoms with E-state index in [-0.39, 0.29) is 24.9 Å². The van der Waals surface area contributed by atoms with Crippen LogP contribution < -0.4 is 16.0 Å². The van der Waals surface area contributed by atoms with E-state index < -0.39 is 17.6 Å². The van der Waals surface area contributed by atoms with Gasteiger partial charge >= 0.3 is 12.1 Å². The summed E-state index contributed by atoms with van der Waals surface area (Å²) in [6.07, 6.45) is 5.35. The quantitative estimate of drug-likeness (QED) is 0.0668. The molecule has 4 rings (SSSR count). The summed E-state index contributed by atoms with van der Waals surface area (Å²) in [5.74, 6) is 0.204. The lowest BCUT2D eigenvalue weighted by Crippen LogP contribution is -2.54. The molecule has 12 nitrogen and oxygen atoms in total. The van der Waals surface area contributed by atoms with Crippen LogP contribution in [-0.2, 0) is 31.1 Å². The van der Waals surface area contributed by atoms with Gasteiger partial charge in [0.05, 0.1) is 37.3 Å². The number of carbonyl (C=O) groups is 3. The number of hydrogen-bond donors (Lipinski definition) is 5. The number of ether oxygens (including phenoxy) is 2. The van der Waals surface area contributed by atoms with Crippen LogP contribution in [0.1, 0.15) is 81.8 Å². The maximum atomic E-state index is 13.8. The van der Waals surface area contributed by atoms with Gasteiger partial charge in [0, 0.05) is 24.3 Å². The van der Waals surface area contributed by atoms with Gasteiger partial charge < -0.3 is 24.7 Å². The van der Waals surface area contributed by atoms with Crippen molar-refractivity contribution < 1.29 is 23.9 Å². The van der Waals surface area contributed by atoms with Crippen molar-refractivity contribution in [3.05, 3.63) is 58.9 Å². The number of aromatic nitrogens is 2. The van der Waals surface area contributed by atoms with Crippen LogP contribution in [0.15, 0.2) is 36.4 Å². The van der Waals surface area contributed by atoms with Gasteiger partial charge in [-0.1, -0.05) is 32.3 Å². The number of benzene rings is 2. The number of amides is 2. The van der Waals surface area contributed by atoms with Gasteiger partial charge in [-0.25, -0.2) is 9.78 Å². The Morgan fingerprint density at radius 3 is 2.46 bits per heavy atom. The molecule has 1 saturated heterocycles. The fourth-order valence-electron chi connectivity index (χ4n) is 5.72. The molecule has 1 atom stereocenters. The molecule has 0 aliphatic carbocycles. The number of likely N-dealkylation sites (tertiary alicyclic amines) is 1. The minimum atomic E-state index is -1.14. The Kier molecular flexibility index (Phi) is 12.1. The van der Waals surface area contributed by atoms with Crippen molar-refractivity contribution in [1.29, 1.82) is 5.41 Å². The minimum Gasteiger partial charge on any atom is -0.465 e. The van der Waals surface area contributed by atoms with Gasteiger partial charge in [-0.2, -0.15) is 0 Å². The van der Waals surface area contributed by atoms with Crippen LogP contribution in [0.5, 0.6) is 0 Å². The largest absolute Gasteiger partial charge is 0.465 e. The summed E-state index contributed by atoms with van der Waals surface area (Å²) in [6, 6.07) is 11.0. The summed E-state index contributed by atoms with van der Waals surface area (Å²) in [5.41, 5.74) is 3.44. The molecule has 2 amide bonds. The number of amidine groups is 1. The molecule has 0 bridgehead atoms. The molecule has 0 spiro atoms. The molecule has 12 heteroatoms. The summed E-state index contributed by atoms with van der Waals surface area (Å²) >= 11 is 0. The van der Waals surface area contributed by atoms with E-state index in [2.05, 4.69) is 27.9 Å². The number of hydrogen-bond acceptors (Lipinski definition) is 9. The molecule has 3 aromatic rings. The van der Waals surface area contributed by atoms with Crippen LogP contribution in [0.2, 0.25) is 0 Å². The van der Waals surface area contributed by atoms with Gasteiger partial charge in [0.25, 0.3) is 0 Å². The number of fused-ring (bicyclic) bond motifs is 1. The fraction of sp³-hybridized carbons (Fsp3) is 0.500. The number of carbonyl (C=O) groups excluding carboxylic acids is 3. The Bertz CT molecular complexity index is 1510. The highest BCUT2D eigenvalue weighted by atomic mass is 16.5. The van der Waals surface area contributed by atoms with Gasteiger partial charge in [0.2, 0.25) is 5.91 Å². The summed E-state index contributed by atoms with van der Waals surface area (Å²) in [5, 5.41) is 17.2. The first-order chi connectivity index (χ1) is 22.2. The molecule has 0 radical (unpaired) electrons. The number of nitrogens with one attached hydrogen (secondary N) is 5. The van der Waals surface area contributed by atoms with Crippen LogP contribution in [-0.4, -0.2) is 71.5 Å². The first-order valence-electron chi connectivity index (χ1n) is 16.2. The molecule has 248 valence electrons. The fourth-order valence-corrected chi connectivity index (χ4v) is 5.72. The predicted octanol–water partition coefficient (Wildman–Crippen LogP) is 5.11. The Morgan fingerprint density at radius 1 is 1.02 bits per heavy atom. The minimum absolute atomic E-state index is 0.0272. The third-order valence-electron chi connectivity index (χ3n) is 8.30. The van der Waals surface area contributed by atoms with Crippen molar-refractivity contribution >= 4 is 40.5 Å². The molecule has 5 N–H and O–H groups in total. The van der Waals surface area contributed by atoms with Gasteiger partial charge in [0.15, 0.2) is 0 Å². The van der Waals surface area contributed by atoms with Crippen molar-refractivity contribution in [3.8, 4) is 0 Å². The number of aryl methyl sites for hydroxylation is 1. The zero-order chi connectivity index (χ0) is 33.1. The summed E-state index contributed by atoms with van der Waals surface area (Å²) < 4.78 is 10.3. The number of rotatable bonds is 15. The van der Waals surface area contributed by atoms with Crippen LogP contribution in [0.25, 0.3) is 11.0 Å². The van der Waals surface area contributed by atoms with Gasteiger partial charge in [-0.05, 0) is 81.5 Å². The van der Waals surface area contributed by atoms with Gasteiger partial charge in [-0.3, -0.25) is 25.6 Å². The molecule has 2 heterocycles. The second kappa shape index (κ2) is 16.2. The van der Waals surface area contributed by atoms with E-state index in [0.29, 0.717) is 37.6 Å². The maximum absolute atomic E-state index is 13.8. The van der Waals surface area contributed by atoms with E-state index in [1.165, 1.54) is 0 Å². The normalized spacial score (nSPS) is 14.1. The highest BCUT2D eigenvalue weighted by molar-refractivity contribution is 6.04. The first-order valence-corrected chi connectivity index (χ1v) is 16.2. The number of alkyl carbamates (subject to hydrolysis) is 1. The van der Waals surface area contributed by atoms with Gasteiger partial charge in [0.1, 0.15) is 17.2 Å². The first kappa shape index (κ1) is 34.4. The van der Waals surface area contributed by atoms with Crippen molar-refractivity contribution in [1.82, 2.24) is 25.5 Å². The van der Waals surface area contributed by atoms with Crippen LogP contribution in [0.4, 0.5) is 10.5 Å². The number of unbranched alkanes of at least 4 members (excludes halogenated alkanes) is 3. The second-order valence-electron chi connectivity index (χ2n) is 11.7. The Balaban J connectivity index is 1.41. The smallest absolute Gasteiger partial charge is 0.412 e. The summed E-state index contributed by atoms with van der Waals surface area (Å²) in [6.45, 7) is 9.97. The van der Waals surface area contributed by atoms with E-state index in [1.54, 1.807) is 19.1 Å². The number of aromatic amines is 1. The maximum Gasteiger partial charge on any atom is 0.412 e. The topological polar surface area (TPSA) is 162 Å². The van der Waals surface area contributed by atoms with Crippen molar-refractivity contribution in [2.45, 2.75) is 78.3 Å². The van der Waals surface area contributed by atoms with Crippen LogP contribution in [0.3, 0.4) is 0 Å². The van der Waals surface area contributed by atoms with Crippen molar-refractivity contribution in [3.63, 3.8) is 0 Å². The Labute approximate surface area is 270 Å². The number of H-pyrrole nitrogens is 1. The van der Waals surface area contributed by atoms with Crippen LogP contribution in [0, 0.1) is 12.3 Å². The predicted molar refractivity (Wildman–Crippen MR) is 178 cm³/mol. The van der Waals surface area contributed by atoms with E-state index in [9.17, 15) is 14.4 Å². The standard InChI is InChI=1S/C34H47N7O5/c1-5-7-8-11-20-46-33(44)40-31(35)24-12-14-25(15-13-24)36-21-28-38-27-17-16-26(23(3)30(27)39-28)34(4,37-22-29(42)45-6-2)32(43)41-18-9-10-19-41/h12-17,36-37H,5-11,18-22H2,1-4H3,(H,38,39)(H2,35,40,44). The molecule has 1 unspecified atom stereocenters. The number of anilines is 1. The zero-order valence-electron chi connectivity index (χ0n) is 27.4. The Morgan fingerprint density at radius 2 is 1.76 bits per heavy atom. The number of imidazole rings is 1. The number of esters is 1. The van der Waals surface area contributed by atoms with E-state index in [1.807, 2.05) is 43.0 Å². The van der Waals surface area contributed by atoms with E-state index in [0.717, 1.165) is 66.4 Å². The third kappa shape index (κ3) is 8.63. The highest BCUT2D eigenvalue weighted by Gasteiger charge is 2.41. The average Bonchev–Trinajstić information content (AvgIpc) is 3.74. The SMILES string of the molecule is CCCCCCOC(=O)NC(=N)c1ccc(NCc2nc3c(C)c(C(C)(NCC(=O)OCC)C(=O)N4CCCC4)ccc3[nH]2)cc1. The lowest BCUT2D eigenvalue weighted by atomic mass is 9.86. The lowest BCUT2D eigenvalue weighted by Gasteiger charge is -2.35. The van der Waals surface area contributed by atoms with Crippen molar-refractivity contribution in [2.24, 2.45) is 0 Å². The lowest BCUT2D eigenvalue weighted by molar-refractivity contribution is -0.143. The third-order valence-corrected chi connectivity index (χ3v) is 8.30. The number of nitrogens with zero attached hydrogens (tertiary/aromatic N) is 2. The second-order valence-corrected chi connectivity index (χ2v) is 11.7. The van der Waals surface area contributed by atoms with Crippen molar-refractivity contribution in [2.75, 3.05) is 38.2 Å². The van der Waals surface area contributed by atoms with E-state index in [4.69, 9.17) is 19.9 Å². The monoisotopic (exact) mass is 633 g/mol. The molecular weight excluding hydrogens is 586 g/mol. The molecule has 1 aromatic heterocycles. The van der Waals surface area contributed by atoms with Gasteiger partial charge in [-0.15, -0.1) is 0 Å². The summed E-state index contributed by atoms with van der Waals surface area (Å²) in [7, 11) is 0. The molecule has 0 saturated carbocycles. The highest BCUT2D eigenvalue weighted by Crippen LogP contribution is 2.32. The molecular formula is C34H47N7O5. The average molecular weight is 634 g/mol. The van der Waals surface area contributed by atoms with Crippen LogP contribution >= 0.6 is 0 Å². The molecule has 1 fully saturated rings.